The Morgan fingerprint density at radius 2 is 1.86 bits per heavy atom. The Balaban J connectivity index is 2.09. The molecule has 2 rings (SSSR count). The number of nitrogens with zero attached hydrogens (tertiary/aromatic N) is 3. The van der Waals surface area contributed by atoms with E-state index >= 15 is 0 Å². The van der Waals surface area contributed by atoms with Gasteiger partial charge in [0.25, 0.3) is 0 Å². The first kappa shape index (κ1) is 15.6. The van der Waals surface area contributed by atoms with Gasteiger partial charge in [-0.25, -0.2) is 0 Å². The van der Waals surface area contributed by atoms with Gasteiger partial charge in [0, 0.05) is 11.3 Å². The van der Waals surface area contributed by atoms with Crippen molar-refractivity contribution in [3.63, 3.8) is 0 Å². The Labute approximate surface area is 129 Å². The van der Waals surface area contributed by atoms with E-state index in [4.69, 9.17) is 10.3 Å². The van der Waals surface area contributed by atoms with Crippen molar-refractivity contribution in [3.8, 4) is 5.75 Å². The van der Waals surface area contributed by atoms with Crippen LogP contribution in [0, 0.1) is 0 Å². The van der Waals surface area contributed by atoms with Gasteiger partial charge in [-0.05, 0) is 35.2 Å². The van der Waals surface area contributed by atoms with Crippen molar-refractivity contribution in [2.45, 2.75) is 18.9 Å². The zero-order valence-electron chi connectivity index (χ0n) is 12.3. The molecule has 2 aromatic carbocycles. The Bertz CT molecular complexity index is 662. The van der Waals surface area contributed by atoms with Gasteiger partial charge in [0.2, 0.25) is 0 Å². The van der Waals surface area contributed by atoms with E-state index in [0.29, 0.717) is 24.2 Å². The number of benzene rings is 2. The minimum Gasteiger partial charge on any atom is -0.497 e. The van der Waals surface area contributed by atoms with Crippen molar-refractivity contribution in [1.29, 1.82) is 0 Å². The van der Waals surface area contributed by atoms with Gasteiger partial charge in [-0.1, -0.05) is 47.6 Å². The van der Waals surface area contributed by atoms with Crippen molar-refractivity contribution in [2.75, 3.05) is 7.11 Å². The molecule has 0 spiro atoms. The molecule has 0 amide bonds. The maximum absolute atomic E-state index is 12.4. The summed E-state index contributed by atoms with van der Waals surface area (Å²) in [6.45, 7) is 0. The van der Waals surface area contributed by atoms with Crippen molar-refractivity contribution < 1.29 is 9.53 Å². The van der Waals surface area contributed by atoms with Crippen LogP contribution in [-0.2, 0) is 11.2 Å². The molecule has 0 fully saturated rings. The van der Waals surface area contributed by atoms with Gasteiger partial charge in [0.1, 0.15) is 17.6 Å². The Morgan fingerprint density at radius 3 is 2.45 bits per heavy atom. The molecule has 1 atom stereocenters. The van der Waals surface area contributed by atoms with Crippen molar-refractivity contribution in [1.82, 2.24) is 0 Å². The van der Waals surface area contributed by atoms with Crippen LogP contribution in [0.15, 0.2) is 59.7 Å². The van der Waals surface area contributed by atoms with Crippen LogP contribution < -0.4 is 4.74 Å². The van der Waals surface area contributed by atoms with E-state index in [1.807, 2.05) is 30.3 Å². The number of ether oxygens (including phenoxy) is 1. The lowest BCUT2D eigenvalue weighted by molar-refractivity contribution is -0.120. The van der Waals surface area contributed by atoms with Crippen LogP contribution in [0.5, 0.6) is 5.75 Å². The topological polar surface area (TPSA) is 75.1 Å². The number of methoxy groups -OCH3 is 1. The Hall–Kier alpha value is -2.78. The Morgan fingerprint density at radius 1 is 1.18 bits per heavy atom. The summed E-state index contributed by atoms with van der Waals surface area (Å²) in [4.78, 5) is 15.2. The highest BCUT2D eigenvalue weighted by atomic mass is 16.5. The van der Waals surface area contributed by atoms with E-state index in [-0.39, 0.29) is 5.78 Å². The molecule has 0 radical (unpaired) electrons. The number of carbonyl (C=O) groups is 1. The molecule has 22 heavy (non-hydrogen) atoms. The molecule has 0 aliphatic heterocycles. The largest absolute Gasteiger partial charge is 0.497 e. The van der Waals surface area contributed by atoms with Crippen LogP contribution in [-0.4, -0.2) is 12.9 Å². The van der Waals surface area contributed by atoms with Gasteiger partial charge in [-0.2, -0.15) is 0 Å². The fourth-order valence-electron chi connectivity index (χ4n) is 2.20. The first-order valence-corrected chi connectivity index (χ1v) is 6.99. The average molecular weight is 295 g/mol. The van der Waals surface area contributed by atoms with Gasteiger partial charge in [0.05, 0.1) is 7.11 Å². The molecule has 112 valence electrons. The molecular weight excluding hydrogens is 278 g/mol. The molecule has 0 aliphatic rings. The number of Topliss-reactive ketones (excluding diaryl/α,β-unsaturated/α-hetero) is 1. The highest BCUT2D eigenvalue weighted by molar-refractivity contribution is 5.85. The molecule has 2 aromatic rings. The molecule has 0 aliphatic carbocycles. The minimum atomic E-state index is -0.792. The lowest BCUT2D eigenvalue weighted by atomic mass is 9.98. The third-order valence-corrected chi connectivity index (χ3v) is 3.41. The number of hydrogen-bond donors (Lipinski definition) is 0. The fourth-order valence-corrected chi connectivity index (χ4v) is 2.20. The molecule has 0 aromatic heterocycles. The van der Waals surface area contributed by atoms with Crippen molar-refractivity contribution >= 4 is 5.78 Å². The summed E-state index contributed by atoms with van der Waals surface area (Å²) in [5, 5.41) is 3.65. The first-order valence-electron chi connectivity index (χ1n) is 6.99. The third kappa shape index (κ3) is 4.11. The van der Waals surface area contributed by atoms with E-state index in [9.17, 15) is 4.79 Å². The van der Waals surface area contributed by atoms with Crippen LogP contribution in [0.25, 0.3) is 10.4 Å². The molecule has 1 unspecified atom stereocenters. The van der Waals surface area contributed by atoms with Gasteiger partial charge < -0.3 is 4.74 Å². The summed E-state index contributed by atoms with van der Waals surface area (Å²) in [6, 6.07) is 16.0. The first-order chi connectivity index (χ1) is 10.7. The fraction of sp³-hybridized carbons (Fsp3) is 0.235. The SMILES string of the molecule is COc1ccc(C(N=[N+]=[N-])C(=O)CCc2ccccc2)cc1. The smallest absolute Gasteiger partial charge is 0.146 e. The van der Waals surface area contributed by atoms with Crippen molar-refractivity contribution in [3.05, 3.63) is 76.2 Å². The Kier molecular flexibility index (Phi) is 5.57. The second-order valence-electron chi connectivity index (χ2n) is 4.83. The van der Waals surface area contributed by atoms with Crippen LogP contribution >= 0.6 is 0 Å². The number of aryl methyl sites for hydroxylation is 1. The summed E-state index contributed by atoms with van der Waals surface area (Å²) < 4.78 is 5.09. The average Bonchev–Trinajstić information content (AvgIpc) is 2.58. The molecule has 5 nitrogen and oxygen atoms in total. The predicted octanol–water partition coefficient (Wildman–Crippen LogP) is 4.25. The van der Waals surface area contributed by atoms with Gasteiger partial charge in [-0.3, -0.25) is 4.79 Å². The minimum absolute atomic E-state index is 0.0909. The molecule has 5 heteroatoms. The quantitative estimate of drug-likeness (QED) is 0.435. The molecule has 0 heterocycles. The summed E-state index contributed by atoms with van der Waals surface area (Å²) in [7, 11) is 1.57. The number of carbonyl (C=O) groups excluding carboxylic acids is 1. The van der Waals surface area contributed by atoms with E-state index in [1.165, 1.54) is 0 Å². The molecule has 0 saturated heterocycles. The van der Waals surface area contributed by atoms with E-state index in [2.05, 4.69) is 10.0 Å². The number of hydrogen-bond acceptors (Lipinski definition) is 3. The van der Waals surface area contributed by atoms with Crippen LogP contribution in [0.4, 0.5) is 0 Å². The highest BCUT2D eigenvalue weighted by Gasteiger charge is 2.18. The number of ketones is 1. The number of rotatable bonds is 7. The lowest BCUT2D eigenvalue weighted by Gasteiger charge is -2.11. The maximum Gasteiger partial charge on any atom is 0.146 e. The predicted molar refractivity (Wildman–Crippen MR) is 84.7 cm³/mol. The maximum atomic E-state index is 12.4. The monoisotopic (exact) mass is 295 g/mol. The molecule has 0 N–H and O–H groups in total. The van der Waals surface area contributed by atoms with Gasteiger partial charge >= 0.3 is 0 Å². The highest BCUT2D eigenvalue weighted by Crippen LogP contribution is 2.23. The van der Waals surface area contributed by atoms with Crippen molar-refractivity contribution in [2.24, 2.45) is 5.11 Å². The summed E-state index contributed by atoms with van der Waals surface area (Å²) in [6.07, 6.45) is 0.965. The second kappa shape index (κ2) is 7.86. The zero-order chi connectivity index (χ0) is 15.8. The third-order valence-electron chi connectivity index (χ3n) is 3.41. The second-order valence-corrected chi connectivity index (χ2v) is 4.83. The summed E-state index contributed by atoms with van der Waals surface area (Å²) in [5.74, 6) is 0.604. The van der Waals surface area contributed by atoms with Gasteiger partial charge in [0.15, 0.2) is 0 Å². The van der Waals surface area contributed by atoms with Crippen LogP contribution in [0.1, 0.15) is 23.6 Å². The standard InChI is InChI=1S/C17H17N3O2/c1-22-15-10-8-14(9-11-15)17(19-20-18)16(21)12-7-13-5-3-2-4-6-13/h2-6,8-11,17H,7,12H2,1H3. The lowest BCUT2D eigenvalue weighted by Crippen LogP contribution is -2.11. The number of azide groups is 1. The van der Waals surface area contributed by atoms with Crippen LogP contribution in [0.3, 0.4) is 0 Å². The summed E-state index contributed by atoms with van der Waals surface area (Å²) in [5.41, 5.74) is 10.5. The molecular formula is C17H17N3O2. The van der Waals surface area contributed by atoms with Crippen LogP contribution in [0.2, 0.25) is 0 Å². The van der Waals surface area contributed by atoms with E-state index in [0.717, 1.165) is 5.56 Å². The normalized spacial score (nSPS) is 11.3. The van der Waals surface area contributed by atoms with E-state index in [1.54, 1.807) is 31.4 Å². The molecule has 0 saturated carbocycles. The molecule has 0 bridgehead atoms. The zero-order valence-corrected chi connectivity index (χ0v) is 12.3. The van der Waals surface area contributed by atoms with E-state index < -0.39 is 6.04 Å². The summed E-state index contributed by atoms with van der Waals surface area (Å²) >= 11 is 0. The van der Waals surface area contributed by atoms with Gasteiger partial charge in [-0.15, -0.1) is 0 Å².